The Labute approximate surface area is 112 Å². The summed E-state index contributed by atoms with van der Waals surface area (Å²) in [7, 11) is 1.64. The number of carboxylic acids is 1. The van der Waals surface area contributed by atoms with Gasteiger partial charge in [0, 0.05) is 6.42 Å². The number of carboxylic acid groups (broad SMARTS) is 1. The highest BCUT2D eigenvalue weighted by atomic mass is 16.5. The first kappa shape index (κ1) is 13.1. The first-order valence-electron chi connectivity index (χ1n) is 6.14. The van der Waals surface area contributed by atoms with Crippen LogP contribution in [0.2, 0.25) is 0 Å². The predicted molar refractivity (Wildman–Crippen MR) is 74.4 cm³/mol. The quantitative estimate of drug-likeness (QED) is 0.892. The maximum absolute atomic E-state index is 10.6. The van der Waals surface area contributed by atoms with E-state index < -0.39 is 5.97 Å². The Kier molecular flexibility index (Phi) is 4.18. The monoisotopic (exact) mass is 256 g/mol. The molecule has 98 valence electrons. The van der Waals surface area contributed by atoms with Crippen molar-refractivity contribution in [3.63, 3.8) is 0 Å². The summed E-state index contributed by atoms with van der Waals surface area (Å²) in [6, 6.07) is 15.8. The highest BCUT2D eigenvalue weighted by Crippen LogP contribution is 2.24. The van der Waals surface area contributed by atoms with Gasteiger partial charge in [-0.2, -0.15) is 0 Å². The molecule has 0 saturated carbocycles. The minimum Gasteiger partial charge on any atom is -0.497 e. The van der Waals surface area contributed by atoms with Crippen LogP contribution in [0.25, 0.3) is 11.1 Å². The second kappa shape index (κ2) is 6.05. The van der Waals surface area contributed by atoms with Crippen LogP contribution in [0, 0.1) is 0 Å². The average Bonchev–Trinajstić information content (AvgIpc) is 2.45. The van der Waals surface area contributed by atoms with Crippen LogP contribution < -0.4 is 4.74 Å². The largest absolute Gasteiger partial charge is 0.497 e. The van der Waals surface area contributed by atoms with Crippen LogP contribution in [0.4, 0.5) is 0 Å². The molecule has 0 fully saturated rings. The lowest BCUT2D eigenvalue weighted by Crippen LogP contribution is -1.97. The number of aliphatic carboxylic acids is 1. The highest BCUT2D eigenvalue weighted by molar-refractivity contribution is 5.68. The number of aryl methyl sites for hydroxylation is 1. The zero-order valence-electron chi connectivity index (χ0n) is 10.8. The summed E-state index contributed by atoms with van der Waals surface area (Å²) in [5.74, 6) is 0.0419. The van der Waals surface area contributed by atoms with Crippen LogP contribution in [0.1, 0.15) is 12.0 Å². The van der Waals surface area contributed by atoms with Crippen LogP contribution in [0.15, 0.2) is 48.5 Å². The molecular weight excluding hydrogens is 240 g/mol. The van der Waals surface area contributed by atoms with Gasteiger partial charge >= 0.3 is 5.97 Å². The molecule has 0 spiro atoms. The van der Waals surface area contributed by atoms with Gasteiger partial charge in [-0.1, -0.05) is 36.4 Å². The van der Waals surface area contributed by atoms with Crippen LogP contribution >= 0.6 is 0 Å². The molecule has 2 aromatic rings. The standard InChI is InChI=1S/C16H16O3/c1-19-15-7-3-6-14(11-15)13-5-2-4-12(10-13)8-9-16(17)18/h2-7,10-11H,8-9H2,1H3,(H,17,18). The normalized spacial score (nSPS) is 10.2. The van der Waals surface area contributed by atoms with E-state index in [1.807, 2.05) is 48.5 Å². The van der Waals surface area contributed by atoms with Crippen molar-refractivity contribution >= 4 is 5.97 Å². The van der Waals surface area contributed by atoms with Gasteiger partial charge < -0.3 is 9.84 Å². The Bertz CT molecular complexity index is 576. The van der Waals surface area contributed by atoms with Crippen molar-refractivity contribution in [3.05, 3.63) is 54.1 Å². The molecule has 0 aromatic heterocycles. The predicted octanol–water partition coefficient (Wildman–Crippen LogP) is 3.38. The lowest BCUT2D eigenvalue weighted by Gasteiger charge is -2.06. The van der Waals surface area contributed by atoms with Crippen molar-refractivity contribution in [1.82, 2.24) is 0 Å². The molecule has 3 nitrogen and oxygen atoms in total. The van der Waals surface area contributed by atoms with Gasteiger partial charge in [0.1, 0.15) is 5.75 Å². The fraction of sp³-hybridized carbons (Fsp3) is 0.188. The van der Waals surface area contributed by atoms with Crippen LogP contribution in [0.3, 0.4) is 0 Å². The first-order valence-corrected chi connectivity index (χ1v) is 6.14. The minimum absolute atomic E-state index is 0.154. The van der Waals surface area contributed by atoms with E-state index in [0.717, 1.165) is 22.4 Å². The van der Waals surface area contributed by atoms with Gasteiger partial charge in [0.15, 0.2) is 0 Å². The highest BCUT2D eigenvalue weighted by Gasteiger charge is 2.03. The van der Waals surface area contributed by atoms with Crippen molar-refractivity contribution in [2.45, 2.75) is 12.8 Å². The van der Waals surface area contributed by atoms with E-state index in [4.69, 9.17) is 9.84 Å². The molecule has 0 saturated heterocycles. The van der Waals surface area contributed by atoms with Gasteiger partial charge in [-0.05, 0) is 35.2 Å². The number of ether oxygens (including phenoxy) is 1. The van der Waals surface area contributed by atoms with Gasteiger partial charge in [-0.3, -0.25) is 4.79 Å². The molecule has 0 aliphatic heterocycles. The van der Waals surface area contributed by atoms with Crippen LogP contribution in [-0.4, -0.2) is 18.2 Å². The Morgan fingerprint density at radius 1 is 1.11 bits per heavy atom. The summed E-state index contributed by atoms with van der Waals surface area (Å²) in [5, 5.41) is 8.71. The molecule has 3 heteroatoms. The molecule has 0 aliphatic rings. The summed E-state index contributed by atoms with van der Waals surface area (Å²) < 4.78 is 5.21. The van der Waals surface area contributed by atoms with Gasteiger partial charge in [0.05, 0.1) is 7.11 Å². The van der Waals surface area contributed by atoms with Crippen LogP contribution in [0.5, 0.6) is 5.75 Å². The van der Waals surface area contributed by atoms with Crippen LogP contribution in [-0.2, 0) is 11.2 Å². The molecule has 0 radical (unpaired) electrons. The van der Waals surface area contributed by atoms with E-state index in [1.54, 1.807) is 7.11 Å². The van der Waals surface area contributed by atoms with E-state index in [-0.39, 0.29) is 6.42 Å². The van der Waals surface area contributed by atoms with Gasteiger partial charge in [0.25, 0.3) is 0 Å². The molecule has 0 heterocycles. The summed E-state index contributed by atoms with van der Waals surface area (Å²) in [5.41, 5.74) is 3.17. The fourth-order valence-electron chi connectivity index (χ4n) is 1.96. The van der Waals surface area contributed by atoms with Gasteiger partial charge in [-0.15, -0.1) is 0 Å². The lowest BCUT2D eigenvalue weighted by molar-refractivity contribution is -0.136. The molecule has 0 bridgehead atoms. The summed E-state index contributed by atoms with van der Waals surface area (Å²) in [4.78, 5) is 10.6. The molecule has 0 amide bonds. The van der Waals surface area contributed by atoms with Crippen molar-refractivity contribution < 1.29 is 14.6 Å². The summed E-state index contributed by atoms with van der Waals surface area (Å²) in [6.07, 6.45) is 0.703. The zero-order valence-corrected chi connectivity index (χ0v) is 10.8. The smallest absolute Gasteiger partial charge is 0.303 e. The first-order chi connectivity index (χ1) is 9.19. The third-order valence-electron chi connectivity index (χ3n) is 2.96. The van der Waals surface area contributed by atoms with E-state index >= 15 is 0 Å². The molecule has 0 aliphatic carbocycles. The Morgan fingerprint density at radius 3 is 2.47 bits per heavy atom. The zero-order chi connectivity index (χ0) is 13.7. The van der Waals surface area contributed by atoms with Gasteiger partial charge in [-0.25, -0.2) is 0 Å². The molecule has 0 atom stereocenters. The number of rotatable bonds is 5. The van der Waals surface area contributed by atoms with Gasteiger partial charge in [0.2, 0.25) is 0 Å². The second-order valence-corrected chi connectivity index (χ2v) is 4.33. The van der Waals surface area contributed by atoms with Crippen molar-refractivity contribution in [2.75, 3.05) is 7.11 Å². The Hall–Kier alpha value is -2.29. The molecule has 1 N–H and O–H groups in total. The molecule has 0 unspecified atom stereocenters. The lowest BCUT2D eigenvalue weighted by atomic mass is 10.0. The van der Waals surface area contributed by atoms with E-state index in [1.165, 1.54) is 0 Å². The van der Waals surface area contributed by atoms with Crippen molar-refractivity contribution in [1.29, 1.82) is 0 Å². The summed E-state index contributed by atoms with van der Waals surface area (Å²) >= 11 is 0. The number of carbonyl (C=O) groups is 1. The van der Waals surface area contributed by atoms with Crippen molar-refractivity contribution in [2.24, 2.45) is 0 Å². The summed E-state index contributed by atoms with van der Waals surface area (Å²) in [6.45, 7) is 0. The average molecular weight is 256 g/mol. The minimum atomic E-state index is -0.771. The number of hydrogen-bond donors (Lipinski definition) is 1. The SMILES string of the molecule is COc1cccc(-c2cccc(CCC(=O)O)c2)c1. The van der Waals surface area contributed by atoms with E-state index in [2.05, 4.69) is 0 Å². The number of hydrogen-bond acceptors (Lipinski definition) is 2. The third-order valence-corrected chi connectivity index (χ3v) is 2.96. The number of benzene rings is 2. The maximum atomic E-state index is 10.6. The van der Waals surface area contributed by atoms with Crippen molar-refractivity contribution in [3.8, 4) is 16.9 Å². The molecule has 2 aromatic carbocycles. The Balaban J connectivity index is 2.24. The Morgan fingerprint density at radius 2 is 1.79 bits per heavy atom. The third kappa shape index (κ3) is 3.58. The fourth-order valence-corrected chi connectivity index (χ4v) is 1.96. The van der Waals surface area contributed by atoms with E-state index in [0.29, 0.717) is 6.42 Å². The maximum Gasteiger partial charge on any atom is 0.303 e. The topological polar surface area (TPSA) is 46.5 Å². The molecular formula is C16H16O3. The second-order valence-electron chi connectivity index (χ2n) is 4.33. The molecule has 19 heavy (non-hydrogen) atoms. The molecule has 2 rings (SSSR count). The number of methoxy groups -OCH3 is 1. The van der Waals surface area contributed by atoms with E-state index in [9.17, 15) is 4.79 Å².